The monoisotopic (exact) mass is 384 g/mol. The third-order valence-corrected chi connectivity index (χ3v) is 6.95. The van der Waals surface area contributed by atoms with Crippen LogP contribution < -0.4 is 5.32 Å². The van der Waals surface area contributed by atoms with Crippen LogP contribution in [0.3, 0.4) is 0 Å². The van der Waals surface area contributed by atoms with Gasteiger partial charge in [0, 0.05) is 26.1 Å². The summed E-state index contributed by atoms with van der Waals surface area (Å²) in [6.07, 6.45) is 3.15. The van der Waals surface area contributed by atoms with Crippen molar-refractivity contribution in [1.82, 2.24) is 19.8 Å². The summed E-state index contributed by atoms with van der Waals surface area (Å²) in [4.78, 5) is 16.8. The summed E-state index contributed by atoms with van der Waals surface area (Å²) in [6.45, 7) is 3.03. The number of aryl methyl sites for hydroxylation is 1. The van der Waals surface area contributed by atoms with Gasteiger partial charge in [-0.25, -0.2) is 8.42 Å². The zero-order valence-corrected chi connectivity index (χ0v) is 15.5. The molecule has 0 bridgehead atoms. The highest BCUT2D eigenvalue weighted by atomic mass is 32.2. The highest BCUT2D eigenvalue weighted by Crippen LogP contribution is 2.27. The SMILES string of the molecule is Cc1noc(CCNC(=O)c2sccc2S(=O)(=O)N2CCCCC2)n1. The van der Waals surface area contributed by atoms with Crippen molar-refractivity contribution in [1.29, 1.82) is 0 Å². The second-order valence-corrected chi connectivity index (χ2v) is 8.64. The maximum absolute atomic E-state index is 12.8. The Labute approximate surface area is 150 Å². The molecule has 1 aliphatic rings. The molecule has 2 aromatic heterocycles. The lowest BCUT2D eigenvalue weighted by molar-refractivity contribution is 0.0954. The maximum Gasteiger partial charge on any atom is 0.262 e. The first kappa shape index (κ1) is 18.0. The Morgan fingerprint density at radius 2 is 2.12 bits per heavy atom. The van der Waals surface area contributed by atoms with Crippen molar-refractivity contribution in [2.45, 2.75) is 37.5 Å². The number of thiophene rings is 1. The van der Waals surface area contributed by atoms with Gasteiger partial charge < -0.3 is 9.84 Å². The molecule has 3 heterocycles. The highest BCUT2D eigenvalue weighted by molar-refractivity contribution is 7.89. The first-order valence-corrected chi connectivity index (χ1v) is 10.5. The standard InChI is InChI=1S/C15H20N4O4S2/c1-11-17-13(23-18-11)5-7-16-15(20)14-12(6-10-24-14)25(21,22)19-8-3-2-4-9-19/h6,10H,2-5,7-9H2,1H3,(H,16,20). The van der Waals surface area contributed by atoms with Gasteiger partial charge in [0.2, 0.25) is 15.9 Å². The van der Waals surface area contributed by atoms with E-state index in [1.807, 2.05) is 0 Å². The van der Waals surface area contributed by atoms with Crippen LogP contribution in [0.1, 0.15) is 40.6 Å². The number of piperidine rings is 1. The van der Waals surface area contributed by atoms with Gasteiger partial charge in [0.1, 0.15) is 9.77 Å². The third kappa shape index (κ3) is 4.07. The molecule has 0 atom stereocenters. The van der Waals surface area contributed by atoms with Crippen molar-refractivity contribution in [3.05, 3.63) is 28.0 Å². The van der Waals surface area contributed by atoms with E-state index in [0.29, 0.717) is 37.8 Å². The number of carbonyl (C=O) groups excluding carboxylic acids is 1. The largest absolute Gasteiger partial charge is 0.351 e. The van der Waals surface area contributed by atoms with E-state index < -0.39 is 15.9 Å². The molecule has 1 aliphatic heterocycles. The lowest BCUT2D eigenvalue weighted by atomic mass is 10.2. The van der Waals surface area contributed by atoms with E-state index in [9.17, 15) is 13.2 Å². The molecule has 0 spiro atoms. The van der Waals surface area contributed by atoms with Crippen LogP contribution in [0.15, 0.2) is 20.9 Å². The number of aromatic nitrogens is 2. The summed E-state index contributed by atoms with van der Waals surface area (Å²) in [5, 5.41) is 8.03. The quantitative estimate of drug-likeness (QED) is 0.811. The van der Waals surface area contributed by atoms with Gasteiger partial charge in [0.15, 0.2) is 5.82 Å². The van der Waals surface area contributed by atoms with Gasteiger partial charge in [-0.3, -0.25) is 4.79 Å². The van der Waals surface area contributed by atoms with E-state index in [0.717, 1.165) is 30.6 Å². The molecular weight excluding hydrogens is 364 g/mol. The topological polar surface area (TPSA) is 105 Å². The average molecular weight is 384 g/mol. The highest BCUT2D eigenvalue weighted by Gasteiger charge is 2.30. The van der Waals surface area contributed by atoms with Crippen LogP contribution in [-0.2, 0) is 16.4 Å². The number of rotatable bonds is 6. The van der Waals surface area contributed by atoms with Gasteiger partial charge in [-0.15, -0.1) is 11.3 Å². The second-order valence-electron chi connectivity index (χ2n) is 5.82. The average Bonchev–Trinajstić information content (AvgIpc) is 3.25. The Kier molecular flexibility index (Phi) is 5.50. The maximum atomic E-state index is 12.8. The zero-order chi connectivity index (χ0) is 17.9. The molecule has 1 saturated heterocycles. The Morgan fingerprint density at radius 3 is 2.80 bits per heavy atom. The van der Waals surface area contributed by atoms with E-state index >= 15 is 0 Å². The Hall–Kier alpha value is -1.78. The summed E-state index contributed by atoms with van der Waals surface area (Å²) >= 11 is 1.13. The van der Waals surface area contributed by atoms with Crippen LogP contribution in [0, 0.1) is 6.92 Å². The van der Waals surface area contributed by atoms with E-state index in [1.54, 1.807) is 12.3 Å². The van der Waals surface area contributed by atoms with Gasteiger partial charge >= 0.3 is 0 Å². The first-order valence-electron chi connectivity index (χ1n) is 8.13. The van der Waals surface area contributed by atoms with Gasteiger partial charge in [-0.1, -0.05) is 11.6 Å². The minimum atomic E-state index is -3.63. The lowest BCUT2D eigenvalue weighted by Gasteiger charge is -2.25. The number of hydrogen-bond acceptors (Lipinski definition) is 7. The van der Waals surface area contributed by atoms with Gasteiger partial charge in [0.25, 0.3) is 5.91 Å². The molecule has 1 amide bonds. The third-order valence-electron chi connectivity index (χ3n) is 3.96. The second kappa shape index (κ2) is 7.63. The molecule has 1 N–H and O–H groups in total. The summed E-state index contributed by atoms with van der Waals surface area (Å²) < 4.78 is 32.0. The molecule has 2 aromatic rings. The molecule has 0 aromatic carbocycles. The Morgan fingerprint density at radius 1 is 1.36 bits per heavy atom. The van der Waals surface area contributed by atoms with Crippen LogP contribution in [0.2, 0.25) is 0 Å². The number of carbonyl (C=O) groups is 1. The van der Waals surface area contributed by atoms with Crippen molar-refractivity contribution in [3.63, 3.8) is 0 Å². The van der Waals surface area contributed by atoms with Crippen LogP contribution in [0.25, 0.3) is 0 Å². The number of sulfonamides is 1. The van der Waals surface area contributed by atoms with E-state index in [4.69, 9.17) is 4.52 Å². The summed E-state index contributed by atoms with van der Waals surface area (Å²) in [5.74, 6) is 0.571. The molecule has 0 aliphatic carbocycles. The predicted octanol–water partition coefficient (Wildman–Crippen LogP) is 1.59. The minimum Gasteiger partial charge on any atom is -0.351 e. The summed E-state index contributed by atoms with van der Waals surface area (Å²) in [6, 6.07) is 1.50. The molecule has 0 unspecified atom stereocenters. The molecule has 10 heteroatoms. The molecule has 3 rings (SSSR count). The molecule has 0 radical (unpaired) electrons. The fourth-order valence-corrected chi connectivity index (χ4v) is 5.55. The zero-order valence-electron chi connectivity index (χ0n) is 13.9. The number of nitrogens with one attached hydrogen (secondary N) is 1. The van der Waals surface area contributed by atoms with Crippen molar-refractivity contribution < 1.29 is 17.7 Å². The summed E-state index contributed by atoms with van der Waals surface area (Å²) in [5.41, 5.74) is 0. The van der Waals surface area contributed by atoms with Crippen LogP contribution in [-0.4, -0.2) is 48.4 Å². The van der Waals surface area contributed by atoms with Crippen LogP contribution >= 0.6 is 11.3 Å². The van der Waals surface area contributed by atoms with E-state index in [1.165, 1.54) is 10.4 Å². The lowest BCUT2D eigenvalue weighted by Crippen LogP contribution is -2.36. The van der Waals surface area contributed by atoms with Crippen LogP contribution in [0.4, 0.5) is 0 Å². The fraction of sp³-hybridized carbons (Fsp3) is 0.533. The van der Waals surface area contributed by atoms with Gasteiger partial charge in [-0.2, -0.15) is 9.29 Å². The fourth-order valence-electron chi connectivity index (χ4n) is 2.72. The van der Waals surface area contributed by atoms with Gasteiger partial charge in [-0.05, 0) is 31.2 Å². The number of nitrogens with zero attached hydrogens (tertiary/aromatic N) is 3. The molecule has 136 valence electrons. The van der Waals surface area contributed by atoms with Crippen molar-refractivity contribution >= 4 is 27.3 Å². The van der Waals surface area contributed by atoms with Gasteiger partial charge in [0.05, 0.1) is 0 Å². The van der Waals surface area contributed by atoms with Crippen molar-refractivity contribution in [2.75, 3.05) is 19.6 Å². The molecule has 25 heavy (non-hydrogen) atoms. The Bertz CT molecular complexity index is 837. The van der Waals surface area contributed by atoms with E-state index in [2.05, 4.69) is 15.5 Å². The molecule has 0 saturated carbocycles. The Balaban J connectivity index is 1.66. The first-order chi connectivity index (χ1) is 12.0. The number of amides is 1. The minimum absolute atomic E-state index is 0.0885. The summed E-state index contributed by atoms with van der Waals surface area (Å²) in [7, 11) is -3.63. The number of hydrogen-bond donors (Lipinski definition) is 1. The van der Waals surface area contributed by atoms with E-state index in [-0.39, 0.29) is 9.77 Å². The normalized spacial score (nSPS) is 16.0. The molecule has 1 fully saturated rings. The molecule has 8 nitrogen and oxygen atoms in total. The molecular formula is C15H20N4O4S2. The predicted molar refractivity (Wildman–Crippen MR) is 92.0 cm³/mol. The van der Waals surface area contributed by atoms with Crippen molar-refractivity contribution in [2.24, 2.45) is 0 Å². The van der Waals surface area contributed by atoms with Crippen LogP contribution in [0.5, 0.6) is 0 Å². The smallest absolute Gasteiger partial charge is 0.262 e. The van der Waals surface area contributed by atoms with Crippen molar-refractivity contribution in [3.8, 4) is 0 Å².